The van der Waals surface area contributed by atoms with Gasteiger partial charge in [0.15, 0.2) is 0 Å². The summed E-state index contributed by atoms with van der Waals surface area (Å²) in [6.45, 7) is 5.05. The maximum Gasteiger partial charge on any atom is 0.225 e. The van der Waals surface area contributed by atoms with Gasteiger partial charge in [-0.1, -0.05) is 41.6 Å². The van der Waals surface area contributed by atoms with Crippen LogP contribution in [0.15, 0.2) is 53.1 Å². The molecule has 4 rings (SSSR count). The molecule has 3 aromatic rings. The third-order valence-corrected chi connectivity index (χ3v) is 6.20. The highest BCUT2D eigenvalue weighted by molar-refractivity contribution is 5.82. The van der Waals surface area contributed by atoms with E-state index in [0.717, 1.165) is 33.7 Å². The molecule has 7 heteroatoms. The minimum Gasteiger partial charge on any atom is -0.361 e. The monoisotopic (exact) mass is 449 g/mol. The van der Waals surface area contributed by atoms with E-state index in [4.69, 9.17) is 4.52 Å². The van der Waals surface area contributed by atoms with Gasteiger partial charge in [-0.25, -0.2) is 4.39 Å². The predicted octanol–water partition coefficient (Wildman–Crippen LogP) is 3.85. The molecule has 1 saturated heterocycles. The van der Waals surface area contributed by atoms with Gasteiger partial charge in [-0.3, -0.25) is 9.59 Å². The first kappa shape index (κ1) is 22.7. The number of nitrogens with zero attached hydrogens (tertiary/aromatic N) is 2. The molecular weight excluding hydrogens is 421 g/mol. The van der Waals surface area contributed by atoms with Crippen molar-refractivity contribution in [3.8, 4) is 11.1 Å². The van der Waals surface area contributed by atoms with E-state index in [1.165, 1.54) is 12.1 Å². The Labute approximate surface area is 192 Å². The molecule has 1 N–H and O–H groups in total. The topological polar surface area (TPSA) is 75.4 Å². The van der Waals surface area contributed by atoms with Crippen molar-refractivity contribution in [2.24, 2.45) is 5.92 Å². The second-order valence-corrected chi connectivity index (χ2v) is 8.54. The lowest BCUT2D eigenvalue weighted by molar-refractivity contribution is -0.132. The summed E-state index contributed by atoms with van der Waals surface area (Å²) in [5, 5.41) is 6.89. The van der Waals surface area contributed by atoms with E-state index in [0.29, 0.717) is 38.9 Å². The Morgan fingerprint density at radius 1 is 1.18 bits per heavy atom. The van der Waals surface area contributed by atoms with Gasteiger partial charge in [0, 0.05) is 31.6 Å². The van der Waals surface area contributed by atoms with Crippen LogP contribution in [0.5, 0.6) is 0 Å². The average molecular weight is 450 g/mol. The smallest absolute Gasteiger partial charge is 0.225 e. The standard InChI is InChI=1S/C26H28FN3O3/c1-17-24(18(2)33-29-17)10-11-25(31)30-13-12-28-26(32)22(16-30)15-19-4-3-5-21(14-19)20-6-8-23(27)9-7-20/h3-9,14,22H,10-13,15-16H2,1-2H3,(H,28,32)/t22-/m1/s1. The fourth-order valence-corrected chi connectivity index (χ4v) is 4.34. The van der Waals surface area contributed by atoms with Crippen LogP contribution in [0.3, 0.4) is 0 Å². The molecule has 1 atom stereocenters. The van der Waals surface area contributed by atoms with Gasteiger partial charge >= 0.3 is 0 Å². The van der Waals surface area contributed by atoms with Crippen LogP contribution in [0.2, 0.25) is 0 Å². The third-order valence-electron chi connectivity index (χ3n) is 6.20. The molecule has 0 bridgehead atoms. The largest absolute Gasteiger partial charge is 0.361 e. The van der Waals surface area contributed by atoms with Crippen molar-refractivity contribution < 1.29 is 18.5 Å². The predicted molar refractivity (Wildman–Crippen MR) is 123 cm³/mol. The van der Waals surface area contributed by atoms with Gasteiger partial charge in [-0.2, -0.15) is 0 Å². The number of carbonyl (C=O) groups excluding carboxylic acids is 2. The Hall–Kier alpha value is -3.48. The van der Waals surface area contributed by atoms with Crippen LogP contribution in [0.4, 0.5) is 4.39 Å². The van der Waals surface area contributed by atoms with Crippen molar-refractivity contribution in [3.63, 3.8) is 0 Å². The summed E-state index contributed by atoms with van der Waals surface area (Å²) in [5.41, 5.74) is 4.67. The van der Waals surface area contributed by atoms with Gasteiger partial charge in [0.05, 0.1) is 11.6 Å². The summed E-state index contributed by atoms with van der Waals surface area (Å²) in [6, 6.07) is 14.3. The Kier molecular flexibility index (Phi) is 6.87. The van der Waals surface area contributed by atoms with Gasteiger partial charge in [0.1, 0.15) is 11.6 Å². The molecule has 0 radical (unpaired) electrons. The number of aryl methyl sites for hydroxylation is 2. The summed E-state index contributed by atoms with van der Waals surface area (Å²) >= 11 is 0. The van der Waals surface area contributed by atoms with Crippen molar-refractivity contribution in [2.45, 2.75) is 33.1 Å². The van der Waals surface area contributed by atoms with Gasteiger partial charge in [0.2, 0.25) is 11.8 Å². The molecular formula is C26H28FN3O3. The molecule has 2 aromatic carbocycles. The number of halogens is 1. The Morgan fingerprint density at radius 3 is 2.70 bits per heavy atom. The van der Waals surface area contributed by atoms with Crippen LogP contribution >= 0.6 is 0 Å². The molecule has 0 spiro atoms. The number of carbonyl (C=O) groups is 2. The van der Waals surface area contributed by atoms with Crippen LogP contribution in [0.1, 0.15) is 29.0 Å². The number of hydrogen-bond acceptors (Lipinski definition) is 4. The average Bonchev–Trinajstić information content (AvgIpc) is 3.01. The van der Waals surface area contributed by atoms with Crippen LogP contribution < -0.4 is 5.32 Å². The van der Waals surface area contributed by atoms with Gasteiger partial charge in [-0.05, 0) is 55.5 Å². The summed E-state index contributed by atoms with van der Waals surface area (Å²) < 4.78 is 18.5. The van der Waals surface area contributed by atoms with E-state index in [-0.39, 0.29) is 23.5 Å². The van der Waals surface area contributed by atoms with Crippen LogP contribution in [-0.2, 0) is 22.4 Å². The molecule has 0 unspecified atom stereocenters. The number of amides is 2. The number of benzene rings is 2. The molecule has 0 saturated carbocycles. The fraction of sp³-hybridized carbons (Fsp3) is 0.346. The molecule has 2 amide bonds. The second-order valence-electron chi connectivity index (χ2n) is 8.54. The van der Waals surface area contributed by atoms with Gasteiger partial charge in [0.25, 0.3) is 0 Å². The number of hydrogen-bond donors (Lipinski definition) is 1. The van der Waals surface area contributed by atoms with Crippen molar-refractivity contribution in [2.75, 3.05) is 19.6 Å². The maximum absolute atomic E-state index is 13.3. The summed E-state index contributed by atoms with van der Waals surface area (Å²) in [5.74, 6) is 0.120. The highest BCUT2D eigenvalue weighted by Gasteiger charge is 2.28. The Morgan fingerprint density at radius 2 is 1.97 bits per heavy atom. The molecule has 33 heavy (non-hydrogen) atoms. The van der Waals surface area contributed by atoms with Gasteiger partial charge in [-0.15, -0.1) is 0 Å². The minimum atomic E-state index is -0.334. The molecule has 172 valence electrons. The van der Waals surface area contributed by atoms with Crippen molar-refractivity contribution in [1.82, 2.24) is 15.4 Å². The van der Waals surface area contributed by atoms with Crippen LogP contribution in [-0.4, -0.2) is 41.5 Å². The van der Waals surface area contributed by atoms with Crippen LogP contribution in [0.25, 0.3) is 11.1 Å². The first-order chi connectivity index (χ1) is 15.9. The summed E-state index contributed by atoms with van der Waals surface area (Å²) in [7, 11) is 0. The first-order valence-corrected chi connectivity index (χ1v) is 11.2. The van der Waals surface area contributed by atoms with E-state index in [9.17, 15) is 14.0 Å². The molecule has 0 aliphatic carbocycles. The van der Waals surface area contributed by atoms with Crippen LogP contribution in [0, 0.1) is 25.6 Å². The maximum atomic E-state index is 13.3. The lowest BCUT2D eigenvalue weighted by atomic mass is 9.95. The lowest BCUT2D eigenvalue weighted by Gasteiger charge is -2.23. The number of rotatable bonds is 6. The van der Waals surface area contributed by atoms with Crippen molar-refractivity contribution in [3.05, 3.63) is 76.9 Å². The van der Waals surface area contributed by atoms with E-state index < -0.39 is 0 Å². The zero-order valence-electron chi connectivity index (χ0n) is 18.9. The minimum absolute atomic E-state index is 0.0246. The highest BCUT2D eigenvalue weighted by atomic mass is 19.1. The zero-order chi connectivity index (χ0) is 23.4. The second kappa shape index (κ2) is 9.98. The molecule has 1 fully saturated rings. The fourth-order valence-electron chi connectivity index (χ4n) is 4.34. The number of nitrogens with one attached hydrogen (secondary N) is 1. The normalized spacial score (nSPS) is 16.4. The Balaban J connectivity index is 1.43. The highest BCUT2D eigenvalue weighted by Crippen LogP contribution is 2.23. The summed E-state index contributed by atoms with van der Waals surface area (Å²) in [4.78, 5) is 27.4. The molecule has 1 aromatic heterocycles. The number of aromatic nitrogens is 1. The van der Waals surface area contributed by atoms with E-state index in [1.54, 1.807) is 17.0 Å². The van der Waals surface area contributed by atoms with Gasteiger partial charge < -0.3 is 14.7 Å². The SMILES string of the molecule is Cc1noc(C)c1CCC(=O)N1CCNC(=O)[C@H](Cc2cccc(-c3ccc(F)cc3)c2)C1. The van der Waals surface area contributed by atoms with E-state index in [1.807, 2.05) is 38.1 Å². The summed E-state index contributed by atoms with van der Waals surface area (Å²) in [6.07, 6.45) is 1.45. The molecule has 1 aliphatic rings. The first-order valence-electron chi connectivity index (χ1n) is 11.2. The zero-order valence-corrected chi connectivity index (χ0v) is 18.9. The molecule has 6 nitrogen and oxygen atoms in total. The lowest BCUT2D eigenvalue weighted by Crippen LogP contribution is -2.37. The van der Waals surface area contributed by atoms with Crippen molar-refractivity contribution >= 4 is 11.8 Å². The molecule has 1 aliphatic heterocycles. The van der Waals surface area contributed by atoms with E-state index in [2.05, 4.69) is 10.5 Å². The van der Waals surface area contributed by atoms with E-state index >= 15 is 0 Å². The molecule has 2 heterocycles. The van der Waals surface area contributed by atoms with Crippen molar-refractivity contribution in [1.29, 1.82) is 0 Å². The quantitative estimate of drug-likeness (QED) is 0.620. The Bertz CT molecular complexity index is 1120. The third kappa shape index (κ3) is 5.48.